The molecule has 0 bridgehead atoms. The summed E-state index contributed by atoms with van der Waals surface area (Å²) in [6.45, 7) is 2.50. The molecule has 2 N–H and O–H groups in total. The average Bonchev–Trinajstić information content (AvgIpc) is 2.28. The molecule has 0 aromatic rings. The Labute approximate surface area is 116 Å². The van der Waals surface area contributed by atoms with E-state index in [0.717, 1.165) is 0 Å². The molecule has 7 nitrogen and oxygen atoms in total. The third-order valence-corrected chi connectivity index (χ3v) is 2.73. The van der Waals surface area contributed by atoms with Crippen LogP contribution in [-0.4, -0.2) is 59.3 Å². The summed E-state index contributed by atoms with van der Waals surface area (Å²) in [5.41, 5.74) is -0.316. The first-order valence-corrected chi connectivity index (χ1v) is 5.46. The van der Waals surface area contributed by atoms with Crippen molar-refractivity contribution in [2.24, 2.45) is 0 Å². The molecule has 0 saturated carbocycles. The van der Waals surface area contributed by atoms with Gasteiger partial charge in [-0.15, -0.1) is 12.4 Å². The normalized spacial score (nSPS) is 17.0. The zero-order valence-corrected chi connectivity index (χ0v) is 11.2. The average molecular weight is 294 g/mol. The molecule has 108 valence electrons. The lowest BCUT2D eigenvalue weighted by atomic mass is 10.1. The Morgan fingerprint density at radius 2 is 1.95 bits per heavy atom. The Balaban J connectivity index is 0.00000324. The summed E-state index contributed by atoms with van der Waals surface area (Å²) in [6.07, 6.45) is 0.0841. The number of carbonyl (C=O) groups excluding carboxylic acids is 1. The molecule has 1 saturated heterocycles. The molecule has 0 aromatic carbocycles. The molecule has 0 radical (unpaired) electrons. The fourth-order valence-corrected chi connectivity index (χ4v) is 1.64. The number of hydrogen-bond donors (Lipinski definition) is 2. The molecule has 0 spiro atoms. The molecule has 0 aliphatic carbocycles. The van der Waals surface area contributed by atoms with Crippen LogP contribution in [0.25, 0.3) is 0 Å². The lowest BCUT2D eigenvalue weighted by Gasteiger charge is -2.25. The summed E-state index contributed by atoms with van der Waals surface area (Å²) in [5, 5.41) is 17.7. The van der Waals surface area contributed by atoms with Crippen LogP contribution in [0, 0.1) is 0 Å². The first-order valence-electron chi connectivity index (χ1n) is 5.46. The number of ether oxygens (including phenoxy) is 1. The molecule has 19 heavy (non-hydrogen) atoms. The molecular weight excluding hydrogens is 278 g/mol. The molecule has 0 unspecified atom stereocenters. The molecule has 0 atom stereocenters. The summed E-state index contributed by atoms with van der Waals surface area (Å²) in [6, 6.07) is 0. The first kappa shape index (κ1) is 17.4. The van der Waals surface area contributed by atoms with Gasteiger partial charge in [-0.2, -0.15) is 0 Å². The summed E-state index contributed by atoms with van der Waals surface area (Å²) in [7, 11) is 0. The maximum atomic E-state index is 11.0. The number of rotatable bonds is 5. The minimum atomic E-state index is -1.24. The topological polar surface area (TPSA) is 104 Å². The summed E-state index contributed by atoms with van der Waals surface area (Å²) < 4.78 is 4.74. The second-order valence-corrected chi connectivity index (χ2v) is 3.96. The Morgan fingerprint density at radius 1 is 1.32 bits per heavy atom. The van der Waals surface area contributed by atoms with E-state index in [-0.39, 0.29) is 49.1 Å². The van der Waals surface area contributed by atoms with Crippen LogP contribution in [0.3, 0.4) is 0 Å². The maximum absolute atomic E-state index is 11.0. The number of hydrogen-bond acceptors (Lipinski definition) is 5. The van der Waals surface area contributed by atoms with Crippen molar-refractivity contribution in [1.29, 1.82) is 0 Å². The van der Waals surface area contributed by atoms with Gasteiger partial charge in [0.1, 0.15) is 6.61 Å². The molecule has 1 aliphatic heterocycles. The summed E-state index contributed by atoms with van der Waals surface area (Å²) in [4.78, 5) is 34.4. The number of nitrogens with zero attached hydrogens (tertiary/aromatic N) is 1. The fourth-order valence-electron chi connectivity index (χ4n) is 1.64. The van der Waals surface area contributed by atoms with E-state index >= 15 is 0 Å². The number of carboxylic acid groups (broad SMARTS) is 2. The van der Waals surface area contributed by atoms with E-state index in [2.05, 4.69) is 0 Å². The number of carbonyl (C=O) groups is 3. The zero-order chi connectivity index (χ0) is 13.7. The van der Waals surface area contributed by atoms with Gasteiger partial charge in [-0.05, 0) is 13.3 Å². The van der Waals surface area contributed by atoms with E-state index in [1.54, 1.807) is 4.90 Å². The Bertz CT molecular complexity index is 406. The molecule has 1 heterocycles. The van der Waals surface area contributed by atoms with Crippen molar-refractivity contribution < 1.29 is 29.3 Å². The lowest BCUT2D eigenvalue weighted by Crippen LogP contribution is -2.40. The van der Waals surface area contributed by atoms with Gasteiger partial charge < -0.3 is 14.9 Å². The predicted molar refractivity (Wildman–Crippen MR) is 67.2 cm³/mol. The standard InChI is InChI=1S/C11H15NO6.ClH/c1-7(10(14)15)8(11(16)17)2-3-12-4-5-18-9(13)6-12;/h2-6H2,1H3,(H,14,15)(H,16,17);1H/b8-7+;. The largest absolute Gasteiger partial charge is 0.478 e. The highest BCUT2D eigenvalue weighted by Gasteiger charge is 2.21. The second kappa shape index (κ2) is 7.75. The van der Waals surface area contributed by atoms with E-state index < -0.39 is 11.9 Å². The van der Waals surface area contributed by atoms with Crippen LogP contribution < -0.4 is 0 Å². The summed E-state index contributed by atoms with van der Waals surface area (Å²) >= 11 is 0. The first-order chi connectivity index (χ1) is 8.41. The molecule has 1 aliphatic rings. The van der Waals surface area contributed by atoms with Crippen molar-refractivity contribution >= 4 is 30.3 Å². The number of halogens is 1. The van der Waals surface area contributed by atoms with Gasteiger partial charge in [-0.25, -0.2) is 9.59 Å². The SMILES string of the molecule is C/C(C(=O)O)=C(/CCN1CCOC(=O)C1)C(=O)O.Cl. The molecule has 1 fully saturated rings. The Kier molecular flexibility index (Phi) is 7.10. The van der Waals surface area contributed by atoms with Crippen LogP contribution in [0.15, 0.2) is 11.1 Å². The predicted octanol–water partition coefficient (Wildman–Crippen LogP) is 0.143. The third-order valence-electron chi connectivity index (χ3n) is 2.73. The van der Waals surface area contributed by atoms with Crippen LogP contribution in [-0.2, 0) is 19.1 Å². The van der Waals surface area contributed by atoms with Crippen LogP contribution in [0.4, 0.5) is 0 Å². The fraction of sp³-hybridized carbons (Fsp3) is 0.545. The van der Waals surface area contributed by atoms with Crippen LogP contribution >= 0.6 is 12.4 Å². The Hall–Kier alpha value is -1.60. The van der Waals surface area contributed by atoms with Gasteiger partial charge in [0.15, 0.2) is 0 Å². The van der Waals surface area contributed by atoms with E-state index in [9.17, 15) is 14.4 Å². The van der Waals surface area contributed by atoms with E-state index in [1.165, 1.54) is 6.92 Å². The quantitative estimate of drug-likeness (QED) is 0.549. The molecule has 1 rings (SSSR count). The molecule has 8 heteroatoms. The van der Waals surface area contributed by atoms with E-state index in [1.807, 2.05) is 0 Å². The lowest BCUT2D eigenvalue weighted by molar-refractivity contribution is -0.150. The van der Waals surface area contributed by atoms with Gasteiger partial charge in [0.25, 0.3) is 0 Å². The maximum Gasteiger partial charge on any atom is 0.332 e. The summed E-state index contributed by atoms with van der Waals surface area (Å²) in [5.74, 6) is -2.84. The highest BCUT2D eigenvalue weighted by Crippen LogP contribution is 2.11. The van der Waals surface area contributed by atoms with Gasteiger partial charge >= 0.3 is 17.9 Å². The number of aliphatic carboxylic acids is 2. The number of cyclic esters (lactones) is 1. The van der Waals surface area contributed by atoms with Crippen LogP contribution in [0.1, 0.15) is 13.3 Å². The Morgan fingerprint density at radius 3 is 2.42 bits per heavy atom. The van der Waals surface area contributed by atoms with Gasteiger partial charge in [-0.3, -0.25) is 9.69 Å². The number of morpholine rings is 1. The monoisotopic (exact) mass is 293 g/mol. The number of esters is 1. The smallest absolute Gasteiger partial charge is 0.332 e. The highest BCUT2D eigenvalue weighted by atomic mass is 35.5. The van der Waals surface area contributed by atoms with Crippen molar-refractivity contribution in [2.45, 2.75) is 13.3 Å². The molecule has 0 amide bonds. The van der Waals surface area contributed by atoms with Gasteiger partial charge in [0, 0.05) is 24.2 Å². The van der Waals surface area contributed by atoms with Crippen molar-refractivity contribution in [2.75, 3.05) is 26.2 Å². The van der Waals surface area contributed by atoms with E-state index in [4.69, 9.17) is 14.9 Å². The van der Waals surface area contributed by atoms with Crippen molar-refractivity contribution in [3.63, 3.8) is 0 Å². The minimum absolute atomic E-state index is 0. The van der Waals surface area contributed by atoms with Crippen molar-refractivity contribution in [1.82, 2.24) is 4.90 Å². The highest BCUT2D eigenvalue weighted by molar-refractivity contribution is 5.98. The van der Waals surface area contributed by atoms with Crippen LogP contribution in [0.2, 0.25) is 0 Å². The van der Waals surface area contributed by atoms with Gasteiger partial charge in [0.2, 0.25) is 0 Å². The second-order valence-electron chi connectivity index (χ2n) is 3.96. The van der Waals surface area contributed by atoms with Crippen LogP contribution in [0.5, 0.6) is 0 Å². The minimum Gasteiger partial charge on any atom is -0.478 e. The van der Waals surface area contributed by atoms with Gasteiger partial charge in [0.05, 0.1) is 6.54 Å². The molecular formula is C11H16ClNO6. The molecule has 0 aromatic heterocycles. The number of carboxylic acids is 2. The van der Waals surface area contributed by atoms with Crippen molar-refractivity contribution in [3.8, 4) is 0 Å². The van der Waals surface area contributed by atoms with Crippen molar-refractivity contribution in [3.05, 3.63) is 11.1 Å². The van der Waals surface area contributed by atoms with E-state index in [0.29, 0.717) is 13.1 Å². The zero-order valence-electron chi connectivity index (χ0n) is 10.4. The third kappa shape index (κ3) is 5.27. The van der Waals surface area contributed by atoms with Gasteiger partial charge in [-0.1, -0.05) is 0 Å².